The minimum atomic E-state index is -0.432. The van der Waals surface area contributed by atoms with Crippen molar-refractivity contribution in [3.8, 4) is 5.75 Å². The molecule has 3 rings (SSSR count). The van der Waals surface area contributed by atoms with E-state index >= 15 is 0 Å². The number of nitrogens with zero attached hydrogens (tertiary/aromatic N) is 1. The Balaban J connectivity index is 1.58. The first kappa shape index (κ1) is 17.5. The first-order valence-electron chi connectivity index (χ1n) is 8.29. The number of fused-ring (bicyclic) bond motifs is 1. The number of carbonyl (C=O) groups excluding carboxylic acids is 2. The number of aromatic nitrogens is 1. The standard InChI is InChI=1S/C20H21N3O3/c1-13-8-9-18(14(2)10-13)26-12-19(24)21-22-20(25)16-11-23(3)17-7-5-4-6-15(16)17/h4-11H,12H2,1-3H3,(H,21,24)(H,22,25). The Labute approximate surface area is 151 Å². The molecule has 6 heteroatoms. The molecular weight excluding hydrogens is 330 g/mol. The molecule has 1 heterocycles. The van der Waals surface area contributed by atoms with Crippen molar-refractivity contribution in [2.45, 2.75) is 13.8 Å². The predicted molar refractivity (Wildman–Crippen MR) is 99.9 cm³/mol. The number of hydrazine groups is 1. The number of para-hydroxylation sites is 1. The van der Waals surface area contributed by atoms with E-state index in [1.165, 1.54) is 0 Å². The van der Waals surface area contributed by atoms with Crippen LogP contribution in [0, 0.1) is 13.8 Å². The fourth-order valence-electron chi connectivity index (χ4n) is 2.86. The molecule has 26 heavy (non-hydrogen) atoms. The quantitative estimate of drug-likeness (QED) is 0.710. The van der Waals surface area contributed by atoms with Gasteiger partial charge in [0.1, 0.15) is 5.75 Å². The van der Waals surface area contributed by atoms with Gasteiger partial charge in [-0.25, -0.2) is 0 Å². The minimum absolute atomic E-state index is 0.181. The molecule has 0 spiro atoms. The number of hydrogen-bond acceptors (Lipinski definition) is 3. The highest BCUT2D eigenvalue weighted by atomic mass is 16.5. The van der Waals surface area contributed by atoms with Crippen molar-refractivity contribution < 1.29 is 14.3 Å². The zero-order valence-corrected chi connectivity index (χ0v) is 15.0. The monoisotopic (exact) mass is 351 g/mol. The van der Waals surface area contributed by atoms with Crippen molar-refractivity contribution in [3.05, 3.63) is 65.4 Å². The van der Waals surface area contributed by atoms with Gasteiger partial charge in [0, 0.05) is 24.1 Å². The van der Waals surface area contributed by atoms with Gasteiger partial charge in [-0.2, -0.15) is 0 Å². The molecule has 0 atom stereocenters. The lowest BCUT2D eigenvalue weighted by atomic mass is 10.1. The third-order valence-corrected chi connectivity index (χ3v) is 4.15. The predicted octanol–water partition coefficient (Wildman–Crippen LogP) is 2.64. The van der Waals surface area contributed by atoms with Gasteiger partial charge in [0.2, 0.25) is 0 Å². The number of hydrogen-bond donors (Lipinski definition) is 2. The number of benzene rings is 2. The van der Waals surface area contributed by atoms with Crippen molar-refractivity contribution in [3.63, 3.8) is 0 Å². The first-order valence-corrected chi connectivity index (χ1v) is 8.29. The Hall–Kier alpha value is -3.28. The summed E-state index contributed by atoms with van der Waals surface area (Å²) in [5, 5.41) is 0.827. The average molecular weight is 351 g/mol. The van der Waals surface area contributed by atoms with Gasteiger partial charge < -0.3 is 9.30 Å². The third-order valence-electron chi connectivity index (χ3n) is 4.15. The Morgan fingerprint density at radius 3 is 2.62 bits per heavy atom. The van der Waals surface area contributed by atoms with Crippen LogP contribution < -0.4 is 15.6 Å². The number of nitrogens with one attached hydrogen (secondary N) is 2. The molecule has 2 amide bonds. The van der Waals surface area contributed by atoms with Gasteiger partial charge in [0.25, 0.3) is 11.8 Å². The summed E-state index contributed by atoms with van der Waals surface area (Å²) < 4.78 is 7.37. The number of ether oxygens (including phenoxy) is 1. The van der Waals surface area contributed by atoms with Crippen LogP contribution in [0.25, 0.3) is 10.9 Å². The summed E-state index contributed by atoms with van der Waals surface area (Å²) in [4.78, 5) is 24.3. The second kappa shape index (κ2) is 7.31. The fourth-order valence-corrected chi connectivity index (χ4v) is 2.86. The maximum Gasteiger partial charge on any atom is 0.276 e. The maximum absolute atomic E-state index is 12.4. The number of carbonyl (C=O) groups is 2. The molecule has 0 aliphatic carbocycles. The van der Waals surface area contributed by atoms with E-state index in [9.17, 15) is 9.59 Å². The molecule has 0 aliphatic rings. The Morgan fingerprint density at radius 1 is 1.08 bits per heavy atom. The van der Waals surface area contributed by atoms with E-state index in [4.69, 9.17) is 4.74 Å². The highest BCUT2D eigenvalue weighted by Gasteiger charge is 2.14. The molecule has 0 saturated carbocycles. The van der Waals surface area contributed by atoms with Crippen molar-refractivity contribution in [2.75, 3.05) is 6.61 Å². The number of aryl methyl sites for hydroxylation is 3. The third kappa shape index (κ3) is 3.69. The highest BCUT2D eigenvalue weighted by molar-refractivity contribution is 6.07. The van der Waals surface area contributed by atoms with Crippen LogP contribution in [-0.4, -0.2) is 23.0 Å². The number of amides is 2. The summed E-state index contributed by atoms with van der Waals surface area (Å²) >= 11 is 0. The van der Waals surface area contributed by atoms with Crippen molar-refractivity contribution >= 4 is 22.7 Å². The van der Waals surface area contributed by atoms with Gasteiger partial charge in [-0.05, 0) is 31.5 Å². The molecule has 134 valence electrons. The normalized spacial score (nSPS) is 10.6. The molecule has 0 bridgehead atoms. The van der Waals surface area contributed by atoms with Crippen LogP contribution >= 0.6 is 0 Å². The summed E-state index contributed by atoms with van der Waals surface area (Å²) in [6, 6.07) is 13.3. The van der Waals surface area contributed by atoms with E-state index in [2.05, 4.69) is 10.9 Å². The minimum Gasteiger partial charge on any atom is -0.483 e. The summed E-state index contributed by atoms with van der Waals surface area (Å²) in [7, 11) is 1.87. The maximum atomic E-state index is 12.4. The molecule has 6 nitrogen and oxygen atoms in total. The van der Waals surface area contributed by atoms with E-state index in [1.807, 2.05) is 67.9 Å². The van der Waals surface area contributed by atoms with Crippen LogP contribution in [0.2, 0.25) is 0 Å². The number of rotatable bonds is 4. The van der Waals surface area contributed by atoms with E-state index in [1.54, 1.807) is 6.20 Å². The highest BCUT2D eigenvalue weighted by Crippen LogP contribution is 2.20. The smallest absolute Gasteiger partial charge is 0.276 e. The van der Waals surface area contributed by atoms with Crippen LogP contribution in [0.1, 0.15) is 21.5 Å². The molecule has 0 saturated heterocycles. The zero-order valence-electron chi connectivity index (χ0n) is 15.0. The summed E-state index contributed by atoms with van der Waals surface area (Å²) in [6.07, 6.45) is 1.73. The van der Waals surface area contributed by atoms with Crippen molar-refractivity contribution in [1.82, 2.24) is 15.4 Å². The van der Waals surface area contributed by atoms with E-state index < -0.39 is 5.91 Å². The van der Waals surface area contributed by atoms with Crippen molar-refractivity contribution in [1.29, 1.82) is 0 Å². The summed E-state index contributed by atoms with van der Waals surface area (Å²) in [5.41, 5.74) is 8.34. The van der Waals surface area contributed by atoms with Gasteiger partial charge >= 0.3 is 0 Å². The summed E-state index contributed by atoms with van der Waals surface area (Å²) in [5.74, 6) is -0.161. The molecule has 0 radical (unpaired) electrons. The Kier molecular flexibility index (Phi) is 4.93. The topological polar surface area (TPSA) is 72.4 Å². The SMILES string of the molecule is Cc1ccc(OCC(=O)NNC(=O)c2cn(C)c3ccccc23)c(C)c1. The molecule has 2 N–H and O–H groups in total. The lowest BCUT2D eigenvalue weighted by Gasteiger charge is -2.10. The van der Waals surface area contributed by atoms with E-state index in [0.29, 0.717) is 11.3 Å². The second-order valence-corrected chi connectivity index (χ2v) is 6.23. The van der Waals surface area contributed by atoms with Gasteiger partial charge in [0.05, 0.1) is 5.56 Å². The Morgan fingerprint density at radius 2 is 1.85 bits per heavy atom. The molecule has 2 aromatic carbocycles. The molecule has 0 aliphatic heterocycles. The van der Waals surface area contributed by atoms with Crippen LogP contribution in [0.3, 0.4) is 0 Å². The Bertz CT molecular complexity index is 976. The van der Waals surface area contributed by atoms with Gasteiger partial charge in [0.15, 0.2) is 6.61 Å². The molecule has 3 aromatic rings. The molecule has 1 aromatic heterocycles. The summed E-state index contributed by atoms with van der Waals surface area (Å²) in [6.45, 7) is 3.73. The van der Waals surface area contributed by atoms with E-state index in [0.717, 1.165) is 22.0 Å². The van der Waals surface area contributed by atoms with Crippen LogP contribution in [0.4, 0.5) is 0 Å². The van der Waals surface area contributed by atoms with Gasteiger partial charge in [-0.1, -0.05) is 35.9 Å². The average Bonchev–Trinajstić information content (AvgIpc) is 2.96. The lowest BCUT2D eigenvalue weighted by molar-refractivity contribution is -0.123. The molecule has 0 fully saturated rings. The molecule has 0 unspecified atom stereocenters. The van der Waals surface area contributed by atoms with E-state index in [-0.39, 0.29) is 12.5 Å². The van der Waals surface area contributed by atoms with Crippen LogP contribution in [-0.2, 0) is 11.8 Å². The van der Waals surface area contributed by atoms with Gasteiger partial charge in [-0.15, -0.1) is 0 Å². The van der Waals surface area contributed by atoms with Gasteiger partial charge in [-0.3, -0.25) is 20.4 Å². The van der Waals surface area contributed by atoms with Crippen LogP contribution in [0.5, 0.6) is 5.75 Å². The fraction of sp³-hybridized carbons (Fsp3) is 0.200. The zero-order chi connectivity index (χ0) is 18.7. The van der Waals surface area contributed by atoms with Crippen molar-refractivity contribution in [2.24, 2.45) is 7.05 Å². The first-order chi connectivity index (χ1) is 12.5. The second-order valence-electron chi connectivity index (χ2n) is 6.23. The molecular formula is C20H21N3O3. The lowest BCUT2D eigenvalue weighted by Crippen LogP contribution is -2.43. The van der Waals surface area contributed by atoms with Crippen LogP contribution in [0.15, 0.2) is 48.7 Å². The largest absolute Gasteiger partial charge is 0.483 e.